The van der Waals surface area contributed by atoms with Crippen molar-refractivity contribution >= 4 is 33.2 Å². The van der Waals surface area contributed by atoms with E-state index in [1.165, 1.54) is 11.3 Å². The minimum Gasteiger partial charge on any atom is -0.393 e. The summed E-state index contributed by atoms with van der Waals surface area (Å²) in [7, 11) is 0. The molecule has 2 unspecified atom stereocenters. The van der Waals surface area contributed by atoms with Crippen LogP contribution in [-0.2, 0) is 0 Å². The quantitative estimate of drug-likeness (QED) is 0.901. The smallest absolute Gasteiger partial charge is 0.252 e. The van der Waals surface area contributed by atoms with Gasteiger partial charge < -0.3 is 10.4 Å². The van der Waals surface area contributed by atoms with Gasteiger partial charge in [-0.15, -0.1) is 11.3 Å². The van der Waals surface area contributed by atoms with Gasteiger partial charge in [-0.25, -0.2) is 0 Å². The number of aliphatic hydroxyl groups excluding tert-OH is 1. The van der Waals surface area contributed by atoms with Crippen molar-refractivity contribution in [3.63, 3.8) is 0 Å². The number of hydrogen-bond donors (Lipinski definition) is 2. The molecule has 0 aromatic carbocycles. The Bertz CT molecular complexity index is 380. The van der Waals surface area contributed by atoms with Crippen LogP contribution in [0.1, 0.15) is 29.6 Å². The van der Waals surface area contributed by atoms with Crippen LogP contribution in [0.4, 0.5) is 0 Å². The summed E-state index contributed by atoms with van der Waals surface area (Å²) in [5.41, 5.74) is 0.704. The van der Waals surface area contributed by atoms with Crippen molar-refractivity contribution < 1.29 is 9.90 Å². The van der Waals surface area contributed by atoms with E-state index in [1.807, 2.05) is 11.4 Å². The predicted octanol–water partition coefficient (Wildman–Crippen LogP) is 2.40. The van der Waals surface area contributed by atoms with E-state index in [-0.39, 0.29) is 12.0 Å². The summed E-state index contributed by atoms with van der Waals surface area (Å²) in [5.74, 6) is 0.407. The lowest BCUT2D eigenvalue weighted by Gasteiger charge is -2.09. The second kappa shape index (κ2) is 5.29. The Kier molecular flexibility index (Phi) is 4.00. The Hall–Kier alpha value is -0.390. The topological polar surface area (TPSA) is 49.3 Å². The van der Waals surface area contributed by atoms with Crippen LogP contribution >= 0.6 is 27.3 Å². The van der Waals surface area contributed by atoms with Crippen molar-refractivity contribution in [1.82, 2.24) is 5.32 Å². The highest BCUT2D eigenvalue weighted by atomic mass is 79.9. The lowest BCUT2D eigenvalue weighted by atomic mass is 10.1. The lowest BCUT2D eigenvalue weighted by molar-refractivity contribution is 0.0945. The first-order valence-electron chi connectivity index (χ1n) is 5.35. The zero-order valence-electron chi connectivity index (χ0n) is 8.78. The van der Waals surface area contributed by atoms with Crippen LogP contribution in [-0.4, -0.2) is 23.7 Å². The molecule has 0 bridgehead atoms. The fourth-order valence-electron chi connectivity index (χ4n) is 2.00. The molecule has 1 aliphatic rings. The van der Waals surface area contributed by atoms with Gasteiger partial charge in [0.25, 0.3) is 5.91 Å². The Morgan fingerprint density at radius 3 is 3.00 bits per heavy atom. The van der Waals surface area contributed by atoms with E-state index in [1.54, 1.807) is 0 Å². The van der Waals surface area contributed by atoms with Crippen molar-refractivity contribution in [2.45, 2.75) is 25.4 Å². The van der Waals surface area contributed by atoms with Gasteiger partial charge in [0.1, 0.15) is 0 Å². The average molecular weight is 304 g/mol. The van der Waals surface area contributed by atoms with Gasteiger partial charge in [0.2, 0.25) is 0 Å². The molecule has 1 saturated carbocycles. The van der Waals surface area contributed by atoms with Gasteiger partial charge in [-0.1, -0.05) is 0 Å². The molecule has 0 aliphatic heterocycles. The third-order valence-corrected chi connectivity index (χ3v) is 4.40. The van der Waals surface area contributed by atoms with E-state index in [0.717, 1.165) is 23.0 Å². The average Bonchev–Trinajstić information content (AvgIpc) is 2.84. The van der Waals surface area contributed by atoms with Gasteiger partial charge in [-0.2, -0.15) is 0 Å². The second-order valence-corrected chi connectivity index (χ2v) is 6.47. The van der Waals surface area contributed by atoms with Gasteiger partial charge in [-0.3, -0.25) is 4.79 Å². The molecule has 0 saturated heterocycles. The number of aliphatic hydroxyl groups is 1. The molecule has 88 valence electrons. The molecule has 2 N–H and O–H groups in total. The van der Waals surface area contributed by atoms with Crippen LogP contribution in [0.5, 0.6) is 0 Å². The van der Waals surface area contributed by atoms with Crippen molar-refractivity contribution in [2.24, 2.45) is 5.92 Å². The van der Waals surface area contributed by atoms with Gasteiger partial charge in [0.15, 0.2) is 0 Å². The van der Waals surface area contributed by atoms with Crippen molar-refractivity contribution in [1.29, 1.82) is 0 Å². The van der Waals surface area contributed by atoms with Crippen molar-refractivity contribution in [3.8, 4) is 0 Å². The monoisotopic (exact) mass is 303 g/mol. The molecule has 2 rings (SSSR count). The molecular weight excluding hydrogens is 290 g/mol. The molecule has 3 nitrogen and oxygen atoms in total. The fraction of sp³-hybridized carbons (Fsp3) is 0.545. The highest BCUT2D eigenvalue weighted by Gasteiger charge is 2.23. The van der Waals surface area contributed by atoms with E-state index in [0.29, 0.717) is 18.0 Å². The summed E-state index contributed by atoms with van der Waals surface area (Å²) in [6.07, 6.45) is 2.52. The second-order valence-electron chi connectivity index (χ2n) is 4.18. The standard InChI is InChI=1S/C11H14BrNO2S/c12-10-4-8(6-16-10)11(15)13-5-7-1-2-9(14)3-7/h4,6-7,9,14H,1-3,5H2,(H,13,15). The normalized spacial score (nSPS) is 24.6. The minimum absolute atomic E-state index is 0.0247. The summed E-state index contributed by atoms with van der Waals surface area (Å²) in [5, 5.41) is 14.1. The number of nitrogens with one attached hydrogen (secondary N) is 1. The maximum atomic E-state index is 11.7. The first-order valence-corrected chi connectivity index (χ1v) is 7.02. The minimum atomic E-state index is -0.169. The van der Waals surface area contributed by atoms with Gasteiger partial charge in [-0.05, 0) is 47.2 Å². The first-order chi connectivity index (χ1) is 7.65. The molecule has 1 aromatic rings. The van der Waals surface area contributed by atoms with Crippen LogP contribution in [0.15, 0.2) is 15.2 Å². The van der Waals surface area contributed by atoms with Gasteiger partial charge in [0, 0.05) is 11.9 Å². The molecule has 1 heterocycles. The number of thiophene rings is 1. The van der Waals surface area contributed by atoms with Crippen molar-refractivity contribution in [2.75, 3.05) is 6.54 Å². The molecule has 1 fully saturated rings. The lowest BCUT2D eigenvalue weighted by Crippen LogP contribution is -2.28. The zero-order valence-corrected chi connectivity index (χ0v) is 11.2. The predicted molar refractivity (Wildman–Crippen MR) is 67.7 cm³/mol. The van der Waals surface area contributed by atoms with E-state index in [4.69, 9.17) is 0 Å². The summed E-state index contributed by atoms with van der Waals surface area (Å²) in [6, 6.07) is 1.82. The molecular formula is C11H14BrNO2S. The Morgan fingerprint density at radius 1 is 1.62 bits per heavy atom. The molecule has 1 amide bonds. The zero-order chi connectivity index (χ0) is 11.5. The summed E-state index contributed by atoms with van der Waals surface area (Å²) in [4.78, 5) is 11.7. The Labute approximate surface area is 107 Å². The third kappa shape index (κ3) is 3.06. The Morgan fingerprint density at radius 2 is 2.44 bits per heavy atom. The Balaban J connectivity index is 1.80. The summed E-state index contributed by atoms with van der Waals surface area (Å²) in [6.45, 7) is 0.670. The number of amides is 1. The molecule has 1 aliphatic carbocycles. The molecule has 16 heavy (non-hydrogen) atoms. The fourth-order valence-corrected chi connectivity index (χ4v) is 3.14. The number of carbonyl (C=O) groups is 1. The number of hydrogen-bond acceptors (Lipinski definition) is 3. The van der Waals surface area contributed by atoms with Gasteiger partial charge >= 0.3 is 0 Å². The maximum Gasteiger partial charge on any atom is 0.252 e. The molecule has 0 spiro atoms. The number of halogens is 1. The van der Waals surface area contributed by atoms with Crippen LogP contribution in [0.3, 0.4) is 0 Å². The van der Waals surface area contributed by atoms with Gasteiger partial charge in [0.05, 0.1) is 15.5 Å². The van der Waals surface area contributed by atoms with E-state index in [9.17, 15) is 9.90 Å². The molecule has 0 radical (unpaired) electrons. The molecule has 1 aromatic heterocycles. The maximum absolute atomic E-state index is 11.7. The van der Waals surface area contributed by atoms with Crippen molar-refractivity contribution in [3.05, 3.63) is 20.8 Å². The van der Waals surface area contributed by atoms with Crippen LogP contribution in [0, 0.1) is 5.92 Å². The number of rotatable bonds is 3. The third-order valence-electron chi connectivity index (χ3n) is 2.89. The van der Waals surface area contributed by atoms with E-state index in [2.05, 4.69) is 21.2 Å². The SMILES string of the molecule is O=C(NCC1CCC(O)C1)c1csc(Br)c1. The van der Waals surface area contributed by atoms with Crippen LogP contribution in [0.2, 0.25) is 0 Å². The molecule has 5 heteroatoms. The number of carbonyl (C=O) groups excluding carboxylic acids is 1. The summed E-state index contributed by atoms with van der Waals surface area (Å²) < 4.78 is 0.967. The highest BCUT2D eigenvalue weighted by molar-refractivity contribution is 9.11. The summed E-state index contributed by atoms with van der Waals surface area (Å²) >= 11 is 4.84. The van der Waals surface area contributed by atoms with E-state index < -0.39 is 0 Å². The largest absolute Gasteiger partial charge is 0.393 e. The van der Waals surface area contributed by atoms with Crippen LogP contribution in [0.25, 0.3) is 0 Å². The van der Waals surface area contributed by atoms with E-state index >= 15 is 0 Å². The highest BCUT2D eigenvalue weighted by Crippen LogP contribution is 2.25. The first kappa shape index (κ1) is 12.1. The van der Waals surface area contributed by atoms with Crippen LogP contribution < -0.4 is 5.32 Å². The molecule has 2 atom stereocenters.